The van der Waals surface area contributed by atoms with Gasteiger partial charge < -0.3 is 0 Å². The molecule has 1 aliphatic heterocycles. The number of hydrogen-bond donors (Lipinski definition) is 0. The van der Waals surface area contributed by atoms with Gasteiger partial charge in [0.2, 0.25) is 5.70 Å². The van der Waals surface area contributed by atoms with E-state index in [1.807, 2.05) is 47.9 Å². The van der Waals surface area contributed by atoms with Crippen molar-refractivity contribution in [2.45, 2.75) is 12.3 Å². The molecule has 2 rings (SSSR count). The van der Waals surface area contributed by atoms with Gasteiger partial charge in [-0.1, -0.05) is 30.3 Å². The Labute approximate surface area is 104 Å². The van der Waals surface area contributed by atoms with Crippen LogP contribution in [-0.4, -0.2) is 10.1 Å². The van der Waals surface area contributed by atoms with Gasteiger partial charge in [-0.3, -0.25) is 0 Å². The summed E-state index contributed by atoms with van der Waals surface area (Å²) in [5, 5.41) is 10.2. The fraction of sp³-hybridized carbons (Fsp3) is 0.154. The molecular formula is C13H11N2OS+. The smallest absolute Gasteiger partial charge is 0.185 e. The molecule has 1 heterocycles. The van der Waals surface area contributed by atoms with Crippen molar-refractivity contribution in [1.82, 2.24) is 0 Å². The number of allylic oxidation sites excluding steroid dienone is 3. The molecule has 0 aromatic heterocycles. The molecule has 1 aromatic carbocycles. The van der Waals surface area contributed by atoms with Gasteiger partial charge >= 0.3 is 0 Å². The van der Waals surface area contributed by atoms with E-state index in [4.69, 9.17) is 5.26 Å². The maximum atomic E-state index is 11.7. The average Bonchev–Trinajstić information content (AvgIpc) is 2.36. The van der Waals surface area contributed by atoms with Gasteiger partial charge in [0.1, 0.15) is 5.40 Å². The van der Waals surface area contributed by atoms with Crippen molar-refractivity contribution >= 4 is 17.3 Å². The van der Waals surface area contributed by atoms with Crippen molar-refractivity contribution in [3.05, 3.63) is 58.7 Å². The van der Waals surface area contributed by atoms with Crippen molar-refractivity contribution in [1.29, 1.82) is 5.26 Å². The third-order valence-corrected chi connectivity index (χ3v) is 3.22. The predicted octanol–water partition coefficient (Wildman–Crippen LogP) is 3.31. The Kier molecular flexibility index (Phi) is 3.40. The fourth-order valence-corrected chi connectivity index (χ4v) is 2.29. The quantitative estimate of drug-likeness (QED) is 0.591. The Morgan fingerprint density at radius 2 is 2.06 bits per heavy atom. The average molecular weight is 243 g/mol. The van der Waals surface area contributed by atoms with E-state index in [2.05, 4.69) is 0 Å². The molecule has 1 aliphatic rings. The van der Waals surface area contributed by atoms with Crippen molar-refractivity contribution in [3.63, 3.8) is 0 Å². The summed E-state index contributed by atoms with van der Waals surface area (Å²) in [5.74, 6) is 0. The van der Waals surface area contributed by atoms with Crippen molar-refractivity contribution in [2.24, 2.45) is 0 Å². The van der Waals surface area contributed by atoms with Crippen LogP contribution >= 0.6 is 11.8 Å². The van der Waals surface area contributed by atoms with Gasteiger partial charge in [-0.2, -0.15) is 5.26 Å². The van der Waals surface area contributed by atoms with Crippen LogP contribution in [0.15, 0.2) is 48.2 Å². The molecular weight excluding hydrogens is 232 g/mol. The molecule has 0 fully saturated rings. The monoisotopic (exact) mass is 243 g/mol. The first-order valence-corrected chi connectivity index (χ1v) is 6.07. The molecule has 0 N–H and O–H groups in total. The second kappa shape index (κ2) is 4.98. The van der Waals surface area contributed by atoms with Crippen molar-refractivity contribution < 1.29 is 4.76 Å². The maximum Gasteiger partial charge on any atom is 0.285 e. The summed E-state index contributed by atoms with van der Waals surface area (Å²) in [7, 11) is 0. The summed E-state index contributed by atoms with van der Waals surface area (Å²) in [4.78, 5) is 11.7. The molecule has 0 radical (unpaired) electrons. The lowest BCUT2D eigenvalue weighted by atomic mass is 10.0. The number of rotatable bonds is 2. The van der Waals surface area contributed by atoms with Gasteiger partial charge in [0, 0.05) is 35.7 Å². The molecule has 0 saturated carbocycles. The van der Waals surface area contributed by atoms with Crippen molar-refractivity contribution in [3.8, 4) is 5.40 Å². The Morgan fingerprint density at radius 1 is 1.35 bits per heavy atom. The molecule has 0 aliphatic carbocycles. The van der Waals surface area contributed by atoms with Gasteiger partial charge in [-0.05, 0) is 11.1 Å². The van der Waals surface area contributed by atoms with Gasteiger partial charge in [-0.25, -0.2) is 0 Å². The zero-order chi connectivity index (χ0) is 12.3. The minimum atomic E-state index is -0.458. The summed E-state index contributed by atoms with van der Waals surface area (Å²) < 4.78 is 0.861. The summed E-state index contributed by atoms with van der Waals surface area (Å²) in [6.45, 7) is 1.76. The van der Waals surface area contributed by atoms with E-state index in [-0.39, 0.29) is 0 Å². The van der Waals surface area contributed by atoms with Crippen LogP contribution in [-0.2, 0) is 0 Å². The van der Waals surface area contributed by atoms with Crippen LogP contribution < -0.4 is 0 Å². The standard InChI is InChI=1S/C13H11N2OS/c1-10-7-12(11-5-3-2-4-6-11)8-13(15(10)16)17-9-14/h2-8,13H,1H3/q+1. The number of thiocyanates is 1. The lowest BCUT2D eigenvalue weighted by molar-refractivity contribution is -0.502. The summed E-state index contributed by atoms with van der Waals surface area (Å²) in [6, 6.07) is 9.84. The van der Waals surface area contributed by atoms with E-state index in [9.17, 15) is 4.91 Å². The van der Waals surface area contributed by atoms with E-state index in [0.29, 0.717) is 5.70 Å². The number of nitroso groups, excluding NO2 is 1. The van der Waals surface area contributed by atoms with Gasteiger partial charge in [0.05, 0.1) is 4.76 Å². The van der Waals surface area contributed by atoms with E-state index >= 15 is 0 Å². The van der Waals surface area contributed by atoms with Crippen LogP contribution in [0.1, 0.15) is 12.5 Å². The second-order valence-electron chi connectivity index (χ2n) is 3.70. The SMILES string of the molecule is CC1=CC(c2ccccc2)=CC(SC#N)[N+]1=O. The number of hydrogen-bond acceptors (Lipinski definition) is 3. The van der Waals surface area contributed by atoms with Crippen molar-refractivity contribution in [2.75, 3.05) is 0 Å². The molecule has 17 heavy (non-hydrogen) atoms. The lowest BCUT2D eigenvalue weighted by Gasteiger charge is -2.10. The predicted molar refractivity (Wildman–Crippen MR) is 68.8 cm³/mol. The highest BCUT2D eigenvalue weighted by Gasteiger charge is 2.30. The van der Waals surface area contributed by atoms with Gasteiger partial charge in [-0.15, -0.1) is 0 Å². The van der Waals surface area contributed by atoms with E-state index in [1.165, 1.54) is 0 Å². The summed E-state index contributed by atoms with van der Waals surface area (Å²) in [5.41, 5.74) is 2.67. The highest BCUT2D eigenvalue weighted by molar-refractivity contribution is 8.04. The highest BCUT2D eigenvalue weighted by atomic mass is 32.2. The van der Waals surface area contributed by atoms with E-state index < -0.39 is 5.37 Å². The Morgan fingerprint density at radius 3 is 2.71 bits per heavy atom. The third-order valence-electron chi connectivity index (χ3n) is 2.55. The maximum absolute atomic E-state index is 11.7. The number of thioether (sulfide) groups is 1. The van der Waals surface area contributed by atoms with Gasteiger partial charge in [0.15, 0.2) is 0 Å². The first kappa shape index (κ1) is 11.6. The number of benzene rings is 1. The third kappa shape index (κ3) is 2.45. The normalized spacial score (nSPS) is 19.3. The van der Waals surface area contributed by atoms with Crippen LogP contribution in [0.2, 0.25) is 0 Å². The van der Waals surface area contributed by atoms with Crippen LogP contribution in [0.3, 0.4) is 0 Å². The molecule has 84 valence electrons. The molecule has 4 heteroatoms. The minimum Gasteiger partial charge on any atom is -0.185 e. The molecule has 1 atom stereocenters. The van der Waals surface area contributed by atoms with E-state index in [1.54, 1.807) is 6.92 Å². The first-order valence-electron chi connectivity index (χ1n) is 5.19. The van der Waals surface area contributed by atoms with Gasteiger partial charge in [0.25, 0.3) is 5.37 Å². The lowest BCUT2D eigenvalue weighted by Crippen LogP contribution is -2.20. The Balaban J connectivity index is 2.39. The van der Waals surface area contributed by atoms with Crippen LogP contribution in [0, 0.1) is 15.6 Å². The topological polar surface area (TPSA) is 43.9 Å². The van der Waals surface area contributed by atoms with Crippen LogP contribution in [0.4, 0.5) is 0 Å². The first-order chi connectivity index (χ1) is 8.22. The number of nitrogens with zero attached hydrogens (tertiary/aromatic N) is 2. The second-order valence-corrected chi connectivity index (χ2v) is 4.60. The molecule has 3 nitrogen and oxygen atoms in total. The molecule has 0 amide bonds. The molecule has 1 unspecified atom stereocenters. The zero-order valence-corrected chi connectivity index (χ0v) is 10.1. The number of nitriles is 1. The molecule has 1 aromatic rings. The van der Waals surface area contributed by atoms with Crippen LogP contribution in [0.25, 0.3) is 5.57 Å². The largest absolute Gasteiger partial charge is 0.285 e. The molecule has 0 saturated heterocycles. The zero-order valence-electron chi connectivity index (χ0n) is 9.33. The summed E-state index contributed by atoms with van der Waals surface area (Å²) >= 11 is 0.964. The Bertz CT molecular complexity index is 540. The molecule has 0 bridgehead atoms. The van der Waals surface area contributed by atoms with Crippen LogP contribution in [0.5, 0.6) is 0 Å². The minimum absolute atomic E-state index is 0.458. The highest BCUT2D eigenvalue weighted by Crippen LogP contribution is 2.28. The van der Waals surface area contributed by atoms with E-state index in [0.717, 1.165) is 27.7 Å². The fourth-order valence-electron chi connectivity index (χ4n) is 1.70. The molecule has 0 spiro atoms. The Hall–Kier alpha value is -1.86. The summed E-state index contributed by atoms with van der Waals surface area (Å²) in [6.07, 6.45) is 3.67.